The molecule has 1 amide bonds. The summed E-state index contributed by atoms with van der Waals surface area (Å²) in [6.07, 6.45) is 0. The highest BCUT2D eigenvalue weighted by molar-refractivity contribution is 5.88. The van der Waals surface area contributed by atoms with Crippen molar-refractivity contribution in [2.24, 2.45) is 0 Å². The van der Waals surface area contributed by atoms with Gasteiger partial charge in [0.15, 0.2) is 6.61 Å². The molecule has 0 spiro atoms. The second-order valence-electron chi connectivity index (χ2n) is 8.05. The summed E-state index contributed by atoms with van der Waals surface area (Å²) in [6.45, 7) is 15.0. The van der Waals surface area contributed by atoms with Crippen LogP contribution in [0, 0.1) is 0 Å². The lowest BCUT2D eigenvalue weighted by atomic mass is 10.0. The van der Waals surface area contributed by atoms with E-state index < -0.39 is 0 Å². The van der Waals surface area contributed by atoms with Gasteiger partial charge in [0.1, 0.15) is 5.75 Å². The third-order valence-corrected chi connectivity index (χ3v) is 4.67. The van der Waals surface area contributed by atoms with E-state index in [1.807, 2.05) is 45.0 Å². The minimum Gasteiger partial charge on any atom is -0.483 e. The van der Waals surface area contributed by atoms with Gasteiger partial charge < -0.3 is 20.3 Å². The summed E-state index contributed by atoms with van der Waals surface area (Å²) in [5.74, 6) is 0.652. The minimum atomic E-state index is -0.265. The van der Waals surface area contributed by atoms with Gasteiger partial charge in [-0.3, -0.25) is 4.79 Å². The van der Waals surface area contributed by atoms with Crippen molar-refractivity contribution < 1.29 is 9.53 Å². The number of likely N-dealkylation sites (N-methyl/N-ethyl adjacent to an activating group) is 1. The topological polar surface area (TPSA) is 53.6 Å². The predicted octanol–water partition coefficient (Wildman–Crippen LogP) is 3.56. The molecule has 5 nitrogen and oxygen atoms in total. The van der Waals surface area contributed by atoms with Crippen molar-refractivity contribution in [1.29, 1.82) is 0 Å². The molecular weight excluding hydrogens is 350 g/mol. The zero-order chi connectivity index (χ0) is 20.6. The molecule has 0 aliphatic rings. The van der Waals surface area contributed by atoms with Gasteiger partial charge in [-0.25, -0.2) is 0 Å². The SMILES string of the molecule is CCN(CC)CCNCc1c(OCC(=O)NC(C)(C)C)ccc2ccccc12. The summed E-state index contributed by atoms with van der Waals surface area (Å²) < 4.78 is 5.91. The molecule has 2 aromatic rings. The second-order valence-corrected chi connectivity index (χ2v) is 8.05. The lowest BCUT2D eigenvalue weighted by Gasteiger charge is -2.21. The van der Waals surface area contributed by atoms with E-state index in [1.165, 1.54) is 5.39 Å². The maximum absolute atomic E-state index is 12.2. The van der Waals surface area contributed by atoms with Crippen molar-refractivity contribution in [2.75, 3.05) is 32.8 Å². The van der Waals surface area contributed by atoms with Gasteiger partial charge in [0.2, 0.25) is 0 Å². The van der Waals surface area contributed by atoms with E-state index in [-0.39, 0.29) is 18.1 Å². The van der Waals surface area contributed by atoms with Gasteiger partial charge in [0.25, 0.3) is 5.91 Å². The van der Waals surface area contributed by atoms with Crippen LogP contribution in [-0.4, -0.2) is 49.1 Å². The van der Waals surface area contributed by atoms with E-state index in [9.17, 15) is 4.79 Å². The molecular formula is C23H35N3O2. The first-order valence-corrected chi connectivity index (χ1v) is 10.2. The fourth-order valence-electron chi connectivity index (χ4n) is 3.22. The molecule has 0 fully saturated rings. The number of ether oxygens (including phenoxy) is 1. The first-order chi connectivity index (χ1) is 13.3. The molecule has 0 bridgehead atoms. The number of nitrogens with one attached hydrogen (secondary N) is 2. The summed E-state index contributed by atoms with van der Waals surface area (Å²) >= 11 is 0. The zero-order valence-electron chi connectivity index (χ0n) is 18.0. The largest absolute Gasteiger partial charge is 0.483 e. The maximum Gasteiger partial charge on any atom is 0.258 e. The summed E-state index contributed by atoms with van der Waals surface area (Å²) in [6, 6.07) is 12.3. The molecule has 154 valence electrons. The lowest BCUT2D eigenvalue weighted by Crippen LogP contribution is -2.43. The Labute approximate surface area is 169 Å². The molecule has 2 N–H and O–H groups in total. The van der Waals surface area contributed by atoms with E-state index in [1.54, 1.807) is 0 Å². The van der Waals surface area contributed by atoms with Crippen molar-refractivity contribution in [3.05, 3.63) is 42.0 Å². The molecule has 0 unspecified atom stereocenters. The van der Waals surface area contributed by atoms with E-state index in [0.29, 0.717) is 6.54 Å². The highest BCUT2D eigenvalue weighted by Gasteiger charge is 2.15. The Morgan fingerprint density at radius 2 is 1.79 bits per heavy atom. The van der Waals surface area contributed by atoms with Crippen LogP contribution in [0.15, 0.2) is 36.4 Å². The van der Waals surface area contributed by atoms with E-state index in [2.05, 4.69) is 41.5 Å². The van der Waals surface area contributed by atoms with Gasteiger partial charge in [-0.15, -0.1) is 0 Å². The van der Waals surface area contributed by atoms with Crippen LogP contribution in [0.4, 0.5) is 0 Å². The Morgan fingerprint density at radius 1 is 1.07 bits per heavy atom. The number of amides is 1. The molecule has 2 rings (SSSR count). The third-order valence-electron chi connectivity index (χ3n) is 4.67. The first kappa shape index (κ1) is 22.2. The quantitative estimate of drug-likeness (QED) is 0.614. The lowest BCUT2D eigenvalue weighted by molar-refractivity contribution is -0.124. The van der Waals surface area contributed by atoms with E-state index in [0.717, 1.165) is 42.9 Å². The van der Waals surface area contributed by atoms with Gasteiger partial charge in [-0.2, -0.15) is 0 Å². The normalized spacial score (nSPS) is 11.8. The number of rotatable bonds is 10. The molecule has 0 aromatic heterocycles. The van der Waals surface area contributed by atoms with Crippen LogP contribution in [0.25, 0.3) is 10.8 Å². The molecule has 2 aromatic carbocycles. The highest BCUT2D eigenvalue weighted by atomic mass is 16.5. The molecule has 5 heteroatoms. The van der Waals surface area contributed by atoms with Gasteiger partial charge in [-0.1, -0.05) is 44.2 Å². The zero-order valence-corrected chi connectivity index (χ0v) is 18.0. The summed E-state index contributed by atoms with van der Waals surface area (Å²) in [7, 11) is 0. The fraction of sp³-hybridized carbons (Fsp3) is 0.522. The van der Waals surface area contributed by atoms with E-state index >= 15 is 0 Å². The number of benzene rings is 2. The van der Waals surface area contributed by atoms with Gasteiger partial charge in [0.05, 0.1) is 0 Å². The Bertz CT molecular complexity index is 764. The third kappa shape index (κ3) is 6.80. The molecule has 0 aliphatic carbocycles. The number of fused-ring (bicyclic) bond motifs is 1. The van der Waals surface area contributed by atoms with Crippen molar-refractivity contribution >= 4 is 16.7 Å². The van der Waals surface area contributed by atoms with Crippen LogP contribution in [0.5, 0.6) is 5.75 Å². The molecule has 0 aliphatic heterocycles. The van der Waals surface area contributed by atoms with Crippen LogP contribution in [0.1, 0.15) is 40.2 Å². The minimum absolute atomic E-state index is 0.0159. The van der Waals surface area contributed by atoms with Crippen molar-refractivity contribution in [3.63, 3.8) is 0 Å². The molecule has 0 saturated heterocycles. The smallest absolute Gasteiger partial charge is 0.258 e. The van der Waals surface area contributed by atoms with Gasteiger partial charge in [0, 0.05) is 30.7 Å². The van der Waals surface area contributed by atoms with Crippen LogP contribution in [-0.2, 0) is 11.3 Å². The Hall–Kier alpha value is -2.11. The van der Waals surface area contributed by atoms with Crippen LogP contribution < -0.4 is 15.4 Å². The summed E-state index contributed by atoms with van der Waals surface area (Å²) in [4.78, 5) is 14.5. The van der Waals surface area contributed by atoms with Gasteiger partial charge in [-0.05, 0) is 50.7 Å². The average Bonchev–Trinajstić information content (AvgIpc) is 2.65. The molecule has 0 radical (unpaired) electrons. The Morgan fingerprint density at radius 3 is 2.46 bits per heavy atom. The number of carbonyl (C=O) groups excluding carboxylic acids is 1. The monoisotopic (exact) mass is 385 g/mol. The molecule has 0 atom stereocenters. The molecule has 28 heavy (non-hydrogen) atoms. The number of hydrogen-bond acceptors (Lipinski definition) is 4. The first-order valence-electron chi connectivity index (χ1n) is 10.2. The van der Waals surface area contributed by atoms with Crippen LogP contribution >= 0.6 is 0 Å². The van der Waals surface area contributed by atoms with Crippen LogP contribution in [0.3, 0.4) is 0 Å². The predicted molar refractivity (Wildman–Crippen MR) is 117 cm³/mol. The van der Waals surface area contributed by atoms with E-state index in [4.69, 9.17) is 4.74 Å². The Kier molecular flexibility index (Phi) is 8.27. The fourth-order valence-corrected chi connectivity index (χ4v) is 3.22. The maximum atomic E-state index is 12.2. The molecule has 0 saturated carbocycles. The van der Waals surface area contributed by atoms with Crippen LogP contribution in [0.2, 0.25) is 0 Å². The standard InChI is InChI=1S/C23H35N3O2/c1-6-26(7-2)15-14-24-16-20-19-11-9-8-10-18(19)12-13-21(20)28-17-22(27)25-23(3,4)5/h8-13,24H,6-7,14-17H2,1-5H3,(H,25,27). The summed E-state index contributed by atoms with van der Waals surface area (Å²) in [5, 5.41) is 8.81. The summed E-state index contributed by atoms with van der Waals surface area (Å²) in [5.41, 5.74) is 0.833. The number of carbonyl (C=O) groups is 1. The highest BCUT2D eigenvalue weighted by Crippen LogP contribution is 2.28. The van der Waals surface area contributed by atoms with Crippen molar-refractivity contribution in [2.45, 2.75) is 46.7 Å². The van der Waals surface area contributed by atoms with Crippen molar-refractivity contribution in [3.8, 4) is 5.75 Å². The van der Waals surface area contributed by atoms with Crippen molar-refractivity contribution in [1.82, 2.24) is 15.5 Å². The Balaban J connectivity index is 2.09. The average molecular weight is 386 g/mol. The number of nitrogens with zero attached hydrogens (tertiary/aromatic N) is 1. The molecule has 0 heterocycles. The second kappa shape index (κ2) is 10.4. The number of hydrogen-bond donors (Lipinski definition) is 2. The van der Waals surface area contributed by atoms with Gasteiger partial charge >= 0.3 is 0 Å².